The zero-order valence-corrected chi connectivity index (χ0v) is 31.2. The molecule has 0 aromatic carbocycles. The molecule has 0 rings (SSSR count). The Bertz CT molecular complexity index is 818. The lowest BCUT2D eigenvalue weighted by atomic mass is 10.1. The number of carbonyl (C=O) groups excluding carboxylic acids is 2. The van der Waals surface area contributed by atoms with E-state index in [4.69, 9.17) is 9.47 Å². The number of likely N-dealkylation sites (N-methyl/N-ethyl adjacent to an activating group) is 1. The fourth-order valence-electron chi connectivity index (χ4n) is 5.20. The summed E-state index contributed by atoms with van der Waals surface area (Å²) in [5, 5.41) is 2.84. The quantitative estimate of drug-likeness (QED) is 0.0432. The van der Waals surface area contributed by atoms with Gasteiger partial charge in [0, 0.05) is 19.5 Å². The van der Waals surface area contributed by atoms with Gasteiger partial charge in [0.1, 0.15) is 12.7 Å². The van der Waals surface area contributed by atoms with Gasteiger partial charge in [-0.2, -0.15) is 0 Å². The first-order valence-electron chi connectivity index (χ1n) is 19.3. The SMILES string of the molecule is CCC/C=C\C/C=C\CCCCCCCCCC(=O)OC(COC(=O)NCCCCCCCC/C=C\C/C=C\CCCC)CN(C)C. The average Bonchev–Trinajstić information content (AvgIpc) is 3.05. The Labute approximate surface area is 290 Å². The topological polar surface area (TPSA) is 67.9 Å². The van der Waals surface area contributed by atoms with E-state index in [1.165, 1.54) is 89.9 Å². The Morgan fingerprint density at radius 3 is 1.62 bits per heavy atom. The average molecular weight is 659 g/mol. The summed E-state index contributed by atoms with van der Waals surface area (Å²) in [6, 6.07) is 0. The summed E-state index contributed by atoms with van der Waals surface area (Å²) in [4.78, 5) is 26.6. The van der Waals surface area contributed by atoms with Crippen LogP contribution in [0.25, 0.3) is 0 Å². The minimum atomic E-state index is -0.457. The van der Waals surface area contributed by atoms with Crippen molar-refractivity contribution in [1.82, 2.24) is 10.2 Å². The van der Waals surface area contributed by atoms with E-state index in [1.54, 1.807) is 0 Å². The molecule has 0 aromatic heterocycles. The molecular formula is C41H74N2O4. The third kappa shape index (κ3) is 36.3. The number of rotatable bonds is 33. The van der Waals surface area contributed by atoms with E-state index in [2.05, 4.69) is 67.8 Å². The van der Waals surface area contributed by atoms with Gasteiger partial charge in [-0.1, -0.05) is 140 Å². The zero-order chi connectivity index (χ0) is 34.5. The van der Waals surface area contributed by atoms with Crippen molar-refractivity contribution in [1.29, 1.82) is 0 Å². The maximum absolute atomic E-state index is 12.4. The lowest BCUT2D eigenvalue weighted by molar-refractivity contribution is -0.152. The van der Waals surface area contributed by atoms with Crippen LogP contribution in [0.2, 0.25) is 0 Å². The van der Waals surface area contributed by atoms with Gasteiger partial charge in [0.25, 0.3) is 0 Å². The summed E-state index contributed by atoms with van der Waals surface area (Å²) in [6.45, 7) is 5.64. The lowest BCUT2D eigenvalue weighted by Crippen LogP contribution is -2.36. The summed E-state index contributed by atoms with van der Waals surface area (Å²) >= 11 is 0. The molecule has 47 heavy (non-hydrogen) atoms. The molecule has 0 aliphatic rings. The van der Waals surface area contributed by atoms with E-state index >= 15 is 0 Å². The largest absolute Gasteiger partial charge is 0.457 e. The molecular weight excluding hydrogens is 584 g/mol. The van der Waals surface area contributed by atoms with E-state index in [0.717, 1.165) is 51.4 Å². The number of alkyl carbamates (subject to hydrolysis) is 1. The Balaban J connectivity index is 3.80. The van der Waals surface area contributed by atoms with Gasteiger partial charge in [0.15, 0.2) is 0 Å². The minimum Gasteiger partial charge on any atom is -0.457 e. The van der Waals surface area contributed by atoms with Crippen molar-refractivity contribution in [2.45, 2.75) is 168 Å². The van der Waals surface area contributed by atoms with Crippen LogP contribution in [0, 0.1) is 0 Å². The summed E-state index contributed by atoms with van der Waals surface area (Å²) in [7, 11) is 3.85. The highest BCUT2D eigenvalue weighted by atomic mass is 16.6. The minimum absolute atomic E-state index is 0.0735. The van der Waals surface area contributed by atoms with Gasteiger partial charge in [0.2, 0.25) is 0 Å². The Hall–Kier alpha value is -2.34. The van der Waals surface area contributed by atoms with Crippen LogP contribution in [0.1, 0.15) is 162 Å². The number of amides is 1. The second kappa shape index (κ2) is 36.5. The molecule has 0 radical (unpaired) electrons. The predicted molar refractivity (Wildman–Crippen MR) is 202 cm³/mol. The molecule has 272 valence electrons. The van der Waals surface area contributed by atoms with Gasteiger partial charge in [-0.25, -0.2) is 4.79 Å². The second-order valence-electron chi connectivity index (χ2n) is 13.1. The Kier molecular flexibility index (Phi) is 34.7. The molecule has 0 fully saturated rings. The van der Waals surface area contributed by atoms with Crippen LogP contribution in [0.5, 0.6) is 0 Å². The number of unbranched alkanes of at least 4 members (excludes halogenated alkanes) is 16. The third-order valence-corrected chi connectivity index (χ3v) is 7.98. The molecule has 1 N–H and O–H groups in total. The molecule has 6 nitrogen and oxygen atoms in total. The first kappa shape index (κ1) is 44.7. The Morgan fingerprint density at radius 1 is 0.596 bits per heavy atom. The van der Waals surface area contributed by atoms with Gasteiger partial charge in [0.05, 0.1) is 0 Å². The first-order valence-corrected chi connectivity index (χ1v) is 19.3. The summed E-state index contributed by atoms with van der Waals surface area (Å²) < 4.78 is 11.1. The third-order valence-electron chi connectivity index (χ3n) is 7.98. The second-order valence-corrected chi connectivity index (χ2v) is 13.1. The number of ether oxygens (including phenoxy) is 2. The molecule has 0 saturated carbocycles. The van der Waals surface area contributed by atoms with Crippen molar-refractivity contribution < 1.29 is 19.1 Å². The fourth-order valence-corrected chi connectivity index (χ4v) is 5.20. The number of nitrogens with one attached hydrogen (secondary N) is 1. The van der Waals surface area contributed by atoms with Crippen LogP contribution in [0.15, 0.2) is 48.6 Å². The van der Waals surface area contributed by atoms with Gasteiger partial charge in [-0.15, -0.1) is 0 Å². The van der Waals surface area contributed by atoms with Crippen LogP contribution in [0.3, 0.4) is 0 Å². The predicted octanol–water partition coefficient (Wildman–Crippen LogP) is 11.4. The van der Waals surface area contributed by atoms with Crippen molar-refractivity contribution in [2.24, 2.45) is 0 Å². The van der Waals surface area contributed by atoms with Crippen LogP contribution >= 0.6 is 0 Å². The number of carbonyl (C=O) groups is 2. The maximum atomic E-state index is 12.4. The normalized spacial score (nSPS) is 12.7. The summed E-state index contributed by atoms with van der Waals surface area (Å²) in [5.74, 6) is -0.205. The molecule has 0 aliphatic heterocycles. The molecule has 0 spiro atoms. The van der Waals surface area contributed by atoms with Crippen molar-refractivity contribution in [3.63, 3.8) is 0 Å². The smallest absolute Gasteiger partial charge is 0.407 e. The standard InChI is InChI=1S/C41H74N2O4/c1-5-7-9-11-13-15-17-19-21-23-25-27-29-31-33-35-40(44)47-39(37-43(3)4)38-46-41(45)42-36-34-32-30-28-26-24-22-20-18-16-14-12-10-8-6-2/h9,11-12,14-15,17-18,20,39H,5-8,10,13,16,19,21-38H2,1-4H3,(H,42,45)/b11-9-,14-12-,17-15-,20-18-. The van der Waals surface area contributed by atoms with E-state index in [0.29, 0.717) is 19.5 Å². The van der Waals surface area contributed by atoms with Crippen LogP contribution in [0.4, 0.5) is 4.79 Å². The number of nitrogens with zero attached hydrogens (tertiary/aromatic N) is 1. The van der Waals surface area contributed by atoms with Gasteiger partial charge in [-0.3, -0.25) is 4.79 Å². The van der Waals surface area contributed by atoms with Gasteiger partial charge in [-0.05, 0) is 78.3 Å². The van der Waals surface area contributed by atoms with E-state index < -0.39 is 12.2 Å². The molecule has 0 heterocycles. The molecule has 1 unspecified atom stereocenters. The Morgan fingerprint density at radius 2 is 1.09 bits per heavy atom. The summed E-state index contributed by atoms with van der Waals surface area (Å²) in [6.07, 6.45) is 43.4. The van der Waals surface area contributed by atoms with Crippen molar-refractivity contribution >= 4 is 12.1 Å². The molecule has 1 amide bonds. The van der Waals surface area contributed by atoms with Crippen LogP contribution < -0.4 is 5.32 Å². The maximum Gasteiger partial charge on any atom is 0.407 e. The van der Waals surface area contributed by atoms with Crippen LogP contribution in [-0.2, 0) is 14.3 Å². The van der Waals surface area contributed by atoms with Crippen molar-refractivity contribution in [3.05, 3.63) is 48.6 Å². The number of esters is 1. The van der Waals surface area contributed by atoms with Crippen molar-refractivity contribution in [3.8, 4) is 0 Å². The molecule has 1 atom stereocenters. The number of allylic oxidation sites excluding steroid dienone is 8. The molecule has 6 heteroatoms. The summed E-state index contributed by atoms with van der Waals surface area (Å²) in [5.41, 5.74) is 0. The molecule has 0 bridgehead atoms. The van der Waals surface area contributed by atoms with Gasteiger partial charge >= 0.3 is 12.1 Å². The first-order chi connectivity index (χ1) is 23.0. The highest BCUT2D eigenvalue weighted by molar-refractivity contribution is 5.69. The van der Waals surface area contributed by atoms with E-state index in [1.807, 2.05) is 19.0 Å². The fraction of sp³-hybridized carbons (Fsp3) is 0.756. The molecule has 0 aromatic rings. The zero-order valence-electron chi connectivity index (χ0n) is 31.2. The van der Waals surface area contributed by atoms with Crippen molar-refractivity contribution in [2.75, 3.05) is 33.8 Å². The molecule has 0 saturated heterocycles. The monoisotopic (exact) mass is 659 g/mol. The van der Waals surface area contributed by atoms with E-state index in [9.17, 15) is 9.59 Å². The number of hydrogen-bond acceptors (Lipinski definition) is 5. The number of hydrogen-bond donors (Lipinski definition) is 1. The van der Waals surface area contributed by atoms with Crippen LogP contribution in [-0.4, -0.2) is 56.9 Å². The highest BCUT2D eigenvalue weighted by Gasteiger charge is 2.18. The molecule has 0 aliphatic carbocycles. The van der Waals surface area contributed by atoms with Gasteiger partial charge < -0.3 is 19.7 Å². The highest BCUT2D eigenvalue weighted by Crippen LogP contribution is 2.12. The van der Waals surface area contributed by atoms with E-state index in [-0.39, 0.29) is 12.6 Å². The lowest BCUT2D eigenvalue weighted by Gasteiger charge is -2.21.